The van der Waals surface area contributed by atoms with Gasteiger partial charge in [-0.15, -0.1) is 0 Å². The first-order chi connectivity index (χ1) is 9.77. The van der Waals surface area contributed by atoms with Gasteiger partial charge in [-0.3, -0.25) is 0 Å². The van der Waals surface area contributed by atoms with Crippen molar-refractivity contribution in [1.82, 2.24) is 5.32 Å². The molecule has 1 aliphatic heterocycles. The molecule has 116 valence electrons. The Morgan fingerprint density at radius 1 is 1.33 bits per heavy atom. The van der Waals surface area contributed by atoms with E-state index >= 15 is 0 Å². The van der Waals surface area contributed by atoms with E-state index < -0.39 is 9.84 Å². The Balaban J connectivity index is 1.86. The summed E-state index contributed by atoms with van der Waals surface area (Å²) in [4.78, 5) is 0. The number of fused-ring (bicyclic) bond motifs is 1. The SMILES string of the molecule is CC1(C)Cc2ccc(Cl)cc2C1NC1CCCS(=O)(=O)C1. The van der Waals surface area contributed by atoms with Gasteiger partial charge in [-0.2, -0.15) is 0 Å². The molecule has 2 unspecified atom stereocenters. The van der Waals surface area contributed by atoms with Crippen LogP contribution in [-0.4, -0.2) is 26.0 Å². The van der Waals surface area contributed by atoms with E-state index in [0.29, 0.717) is 5.75 Å². The molecule has 1 aromatic carbocycles. The molecule has 3 rings (SSSR count). The molecule has 0 amide bonds. The first kappa shape index (κ1) is 15.3. The summed E-state index contributed by atoms with van der Waals surface area (Å²) < 4.78 is 23.7. The molecule has 1 saturated heterocycles. The topological polar surface area (TPSA) is 46.2 Å². The van der Waals surface area contributed by atoms with E-state index in [2.05, 4.69) is 25.2 Å². The minimum atomic E-state index is -2.88. The van der Waals surface area contributed by atoms with Crippen LogP contribution in [0.15, 0.2) is 18.2 Å². The van der Waals surface area contributed by atoms with Crippen molar-refractivity contribution >= 4 is 21.4 Å². The maximum atomic E-state index is 11.8. The molecular weight excluding hydrogens is 306 g/mol. The van der Waals surface area contributed by atoms with Crippen molar-refractivity contribution < 1.29 is 8.42 Å². The van der Waals surface area contributed by atoms with Crippen molar-refractivity contribution in [2.75, 3.05) is 11.5 Å². The number of sulfone groups is 1. The molecule has 1 heterocycles. The third kappa shape index (κ3) is 3.13. The van der Waals surface area contributed by atoms with Crippen molar-refractivity contribution in [3.63, 3.8) is 0 Å². The van der Waals surface area contributed by atoms with Crippen LogP contribution in [0.25, 0.3) is 0 Å². The van der Waals surface area contributed by atoms with Gasteiger partial charge in [0.2, 0.25) is 0 Å². The number of halogens is 1. The molecule has 0 aromatic heterocycles. The highest BCUT2D eigenvalue weighted by atomic mass is 35.5. The fraction of sp³-hybridized carbons (Fsp3) is 0.625. The van der Waals surface area contributed by atoms with Crippen LogP contribution in [0.4, 0.5) is 0 Å². The lowest BCUT2D eigenvalue weighted by Gasteiger charge is -2.34. The first-order valence-electron chi connectivity index (χ1n) is 7.52. The lowest BCUT2D eigenvalue weighted by molar-refractivity contribution is 0.246. The van der Waals surface area contributed by atoms with Crippen LogP contribution >= 0.6 is 11.6 Å². The van der Waals surface area contributed by atoms with Crippen LogP contribution in [0.5, 0.6) is 0 Å². The summed E-state index contributed by atoms with van der Waals surface area (Å²) in [6, 6.07) is 6.28. The number of hydrogen-bond donors (Lipinski definition) is 1. The molecular formula is C16H22ClNO2S. The highest BCUT2D eigenvalue weighted by molar-refractivity contribution is 7.91. The third-order valence-electron chi connectivity index (χ3n) is 4.71. The van der Waals surface area contributed by atoms with Gasteiger partial charge < -0.3 is 5.32 Å². The van der Waals surface area contributed by atoms with E-state index in [1.165, 1.54) is 11.1 Å². The van der Waals surface area contributed by atoms with E-state index in [0.717, 1.165) is 24.3 Å². The predicted octanol–water partition coefficient (Wildman–Crippen LogP) is 3.13. The Kier molecular flexibility index (Phi) is 3.83. The highest BCUT2D eigenvalue weighted by Gasteiger charge is 2.40. The Morgan fingerprint density at radius 2 is 2.10 bits per heavy atom. The summed E-state index contributed by atoms with van der Waals surface area (Å²) in [5.74, 6) is 0.594. The molecule has 0 bridgehead atoms. The zero-order valence-corrected chi connectivity index (χ0v) is 14.1. The standard InChI is InChI=1S/C16H22ClNO2S/c1-16(2)9-11-5-6-12(17)8-14(11)15(16)18-13-4-3-7-21(19,20)10-13/h5-6,8,13,15,18H,3-4,7,9-10H2,1-2H3. The van der Waals surface area contributed by atoms with E-state index in [1.54, 1.807) is 0 Å². The van der Waals surface area contributed by atoms with Crippen molar-refractivity contribution in [1.29, 1.82) is 0 Å². The van der Waals surface area contributed by atoms with E-state index in [4.69, 9.17) is 11.6 Å². The Bertz CT molecular complexity index is 654. The number of benzene rings is 1. The highest BCUT2D eigenvalue weighted by Crippen LogP contribution is 2.46. The predicted molar refractivity (Wildman–Crippen MR) is 86.5 cm³/mol. The smallest absolute Gasteiger partial charge is 0.151 e. The van der Waals surface area contributed by atoms with Gasteiger partial charge in [0, 0.05) is 17.1 Å². The average Bonchev–Trinajstić information content (AvgIpc) is 2.60. The molecule has 1 fully saturated rings. The molecule has 1 aliphatic carbocycles. The van der Waals surface area contributed by atoms with Crippen LogP contribution in [0.3, 0.4) is 0 Å². The molecule has 3 nitrogen and oxygen atoms in total. The van der Waals surface area contributed by atoms with Gasteiger partial charge in [-0.25, -0.2) is 8.42 Å². The van der Waals surface area contributed by atoms with Gasteiger partial charge in [0.25, 0.3) is 0 Å². The van der Waals surface area contributed by atoms with Gasteiger partial charge >= 0.3 is 0 Å². The maximum Gasteiger partial charge on any atom is 0.151 e. The van der Waals surface area contributed by atoms with Crippen molar-refractivity contribution in [3.05, 3.63) is 34.3 Å². The van der Waals surface area contributed by atoms with E-state index in [1.807, 2.05) is 12.1 Å². The Hall–Kier alpha value is -0.580. The average molecular weight is 328 g/mol. The largest absolute Gasteiger partial charge is 0.306 e. The lowest BCUT2D eigenvalue weighted by Crippen LogP contribution is -2.44. The summed E-state index contributed by atoms with van der Waals surface area (Å²) in [6.07, 6.45) is 2.69. The third-order valence-corrected chi connectivity index (χ3v) is 6.77. The normalized spacial score (nSPS) is 30.0. The summed E-state index contributed by atoms with van der Waals surface area (Å²) in [5.41, 5.74) is 2.63. The molecule has 2 aliphatic rings. The minimum absolute atomic E-state index is 0.0537. The zero-order chi connectivity index (χ0) is 15.3. The van der Waals surface area contributed by atoms with Crippen LogP contribution in [-0.2, 0) is 16.3 Å². The summed E-state index contributed by atoms with van der Waals surface area (Å²) in [6.45, 7) is 4.46. The van der Waals surface area contributed by atoms with Crippen molar-refractivity contribution in [3.8, 4) is 0 Å². The summed E-state index contributed by atoms with van der Waals surface area (Å²) >= 11 is 6.15. The molecule has 0 radical (unpaired) electrons. The zero-order valence-electron chi connectivity index (χ0n) is 12.5. The quantitative estimate of drug-likeness (QED) is 0.907. The first-order valence-corrected chi connectivity index (χ1v) is 9.72. The van der Waals surface area contributed by atoms with Crippen LogP contribution in [0, 0.1) is 5.41 Å². The second kappa shape index (κ2) is 5.25. The molecule has 21 heavy (non-hydrogen) atoms. The van der Waals surface area contributed by atoms with Gasteiger partial charge in [0.1, 0.15) is 0 Å². The monoisotopic (exact) mass is 327 g/mol. The van der Waals surface area contributed by atoms with Crippen LogP contribution < -0.4 is 5.32 Å². The number of hydrogen-bond acceptors (Lipinski definition) is 3. The molecule has 0 spiro atoms. The molecule has 1 N–H and O–H groups in total. The number of rotatable bonds is 2. The van der Waals surface area contributed by atoms with Gasteiger partial charge in [0.15, 0.2) is 9.84 Å². The Labute approximate surface area is 132 Å². The number of nitrogens with one attached hydrogen (secondary N) is 1. The minimum Gasteiger partial charge on any atom is -0.306 e. The van der Waals surface area contributed by atoms with E-state index in [9.17, 15) is 8.42 Å². The molecule has 2 atom stereocenters. The fourth-order valence-electron chi connectivity index (χ4n) is 3.71. The summed E-state index contributed by atoms with van der Waals surface area (Å²) in [7, 11) is -2.88. The maximum absolute atomic E-state index is 11.8. The molecule has 1 aromatic rings. The second-order valence-corrected chi connectivity index (χ2v) is 9.73. The van der Waals surface area contributed by atoms with Crippen molar-refractivity contribution in [2.24, 2.45) is 5.41 Å². The molecule has 0 saturated carbocycles. The van der Waals surface area contributed by atoms with Gasteiger partial charge in [-0.05, 0) is 47.9 Å². The second-order valence-electron chi connectivity index (χ2n) is 7.06. The van der Waals surface area contributed by atoms with Crippen molar-refractivity contribution in [2.45, 2.75) is 45.2 Å². The van der Waals surface area contributed by atoms with Crippen LogP contribution in [0.2, 0.25) is 5.02 Å². The van der Waals surface area contributed by atoms with Gasteiger partial charge in [0.05, 0.1) is 11.5 Å². The van der Waals surface area contributed by atoms with E-state index in [-0.39, 0.29) is 23.3 Å². The van der Waals surface area contributed by atoms with Crippen LogP contribution in [0.1, 0.15) is 43.9 Å². The fourth-order valence-corrected chi connectivity index (χ4v) is 5.54. The summed E-state index contributed by atoms with van der Waals surface area (Å²) in [5, 5.41) is 4.35. The molecule has 5 heteroatoms. The lowest BCUT2D eigenvalue weighted by atomic mass is 9.85. The Morgan fingerprint density at radius 3 is 2.81 bits per heavy atom. The van der Waals surface area contributed by atoms with Gasteiger partial charge in [-0.1, -0.05) is 31.5 Å².